The Bertz CT molecular complexity index is 2160. The third-order valence-electron chi connectivity index (χ3n) is 9.10. The van der Waals surface area contributed by atoms with E-state index in [-0.39, 0.29) is 12.0 Å². The van der Waals surface area contributed by atoms with Gasteiger partial charge in [0, 0.05) is 33.6 Å². The molecular formula is C39H29NO2. The molecular weight excluding hydrogens is 514 g/mol. The van der Waals surface area contributed by atoms with Crippen molar-refractivity contribution < 1.29 is 9.15 Å². The Labute approximate surface area is 244 Å². The summed E-state index contributed by atoms with van der Waals surface area (Å²) in [6.45, 7) is 2.16. The van der Waals surface area contributed by atoms with Crippen LogP contribution in [-0.2, 0) is 0 Å². The second-order valence-corrected chi connectivity index (χ2v) is 11.7. The number of hydrogen-bond donors (Lipinski definition) is 0. The van der Waals surface area contributed by atoms with E-state index in [1.807, 2.05) is 6.07 Å². The van der Waals surface area contributed by atoms with Crippen LogP contribution in [0.15, 0.2) is 143 Å². The van der Waals surface area contributed by atoms with Crippen LogP contribution in [0.25, 0.3) is 32.7 Å². The van der Waals surface area contributed by atoms with Gasteiger partial charge in [0.2, 0.25) is 0 Å². The third-order valence-corrected chi connectivity index (χ3v) is 9.10. The van der Waals surface area contributed by atoms with Gasteiger partial charge in [0.05, 0.1) is 5.69 Å². The first-order valence-corrected chi connectivity index (χ1v) is 14.8. The van der Waals surface area contributed by atoms with Gasteiger partial charge in [-0.15, -0.1) is 0 Å². The molecule has 2 atom stereocenters. The Hall–Kier alpha value is -5.02. The lowest BCUT2D eigenvalue weighted by Gasteiger charge is -2.37. The number of ether oxygens (including phenoxy) is 1. The number of anilines is 2. The number of allylic oxidation sites excluding steroid dienone is 2. The zero-order valence-corrected chi connectivity index (χ0v) is 23.4. The van der Waals surface area contributed by atoms with Gasteiger partial charge >= 0.3 is 0 Å². The fourth-order valence-corrected chi connectivity index (χ4v) is 7.20. The van der Waals surface area contributed by atoms with E-state index in [1.54, 1.807) is 0 Å². The Balaban J connectivity index is 1.31. The summed E-state index contributed by atoms with van der Waals surface area (Å²) in [7, 11) is 0. The molecule has 2 aliphatic carbocycles. The summed E-state index contributed by atoms with van der Waals surface area (Å²) in [4.78, 5) is 2.43. The molecule has 2 heterocycles. The van der Waals surface area contributed by atoms with Crippen LogP contribution in [-0.4, -0.2) is 6.10 Å². The highest BCUT2D eigenvalue weighted by molar-refractivity contribution is 6.10. The van der Waals surface area contributed by atoms with Crippen molar-refractivity contribution in [2.24, 2.45) is 0 Å². The second-order valence-electron chi connectivity index (χ2n) is 11.7. The summed E-state index contributed by atoms with van der Waals surface area (Å²) < 4.78 is 13.4. The first-order valence-electron chi connectivity index (χ1n) is 14.8. The predicted octanol–water partition coefficient (Wildman–Crippen LogP) is 10.3. The van der Waals surface area contributed by atoms with E-state index in [0.29, 0.717) is 0 Å². The fraction of sp³-hybridized carbons (Fsp3) is 0.128. The van der Waals surface area contributed by atoms with Crippen molar-refractivity contribution in [3.63, 3.8) is 0 Å². The van der Waals surface area contributed by atoms with Crippen LogP contribution in [0.1, 0.15) is 29.9 Å². The molecule has 0 bridgehead atoms. The van der Waals surface area contributed by atoms with Crippen molar-refractivity contribution in [2.45, 2.75) is 31.8 Å². The van der Waals surface area contributed by atoms with E-state index in [1.165, 1.54) is 38.7 Å². The molecule has 6 aromatic rings. The third kappa shape index (κ3) is 3.46. The molecule has 3 aliphatic rings. The SMILES string of the molecule is Cc1cccc(N(C2=CC3c4cc5ccccc5cc4OC3C3=C2CCC=C3)c2cccc3c2oc2ccccc23)c1. The smallest absolute Gasteiger partial charge is 0.159 e. The predicted molar refractivity (Wildman–Crippen MR) is 172 cm³/mol. The van der Waals surface area contributed by atoms with Gasteiger partial charge in [-0.25, -0.2) is 0 Å². The van der Waals surface area contributed by atoms with E-state index >= 15 is 0 Å². The van der Waals surface area contributed by atoms with Crippen LogP contribution < -0.4 is 9.64 Å². The standard InChI is InChI=1S/C39H29NO2/c1-24-10-8-13-27(20-24)40(34-18-9-17-31-29-15-6-7-19-36(29)41-39(31)34)35-23-33-32-21-25-11-2-3-12-26(25)22-37(32)42-38(33)30-16-5-4-14-28(30)35/h2-3,5-13,15-23,33,38H,4,14H2,1H3. The topological polar surface area (TPSA) is 25.6 Å². The molecule has 1 aliphatic heterocycles. The van der Waals surface area contributed by atoms with Gasteiger partial charge in [0.25, 0.3) is 0 Å². The maximum absolute atomic E-state index is 6.77. The van der Waals surface area contributed by atoms with E-state index in [2.05, 4.69) is 127 Å². The number of nitrogens with zero attached hydrogens (tertiary/aromatic N) is 1. The minimum atomic E-state index is -0.0199. The minimum Gasteiger partial charge on any atom is -0.484 e. The van der Waals surface area contributed by atoms with Gasteiger partial charge in [-0.3, -0.25) is 0 Å². The average molecular weight is 544 g/mol. The van der Waals surface area contributed by atoms with Crippen molar-refractivity contribution in [1.82, 2.24) is 0 Å². The number of benzene rings is 5. The molecule has 0 fully saturated rings. The first kappa shape index (κ1) is 23.7. The van der Waals surface area contributed by atoms with Gasteiger partial charge in [-0.2, -0.15) is 0 Å². The van der Waals surface area contributed by atoms with Gasteiger partial charge in [-0.05, 0) is 89.7 Å². The molecule has 202 valence electrons. The van der Waals surface area contributed by atoms with E-state index in [0.717, 1.165) is 51.9 Å². The summed E-state index contributed by atoms with van der Waals surface area (Å²) in [6.07, 6.45) is 9.05. The van der Waals surface area contributed by atoms with E-state index in [4.69, 9.17) is 9.15 Å². The van der Waals surface area contributed by atoms with Gasteiger partial charge in [0.1, 0.15) is 17.4 Å². The second kappa shape index (κ2) is 8.99. The molecule has 2 unspecified atom stereocenters. The molecule has 0 saturated heterocycles. The van der Waals surface area contributed by atoms with Crippen LogP contribution in [0.4, 0.5) is 11.4 Å². The number of para-hydroxylation sites is 2. The van der Waals surface area contributed by atoms with Gasteiger partial charge in [0.15, 0.2) is 5.58 Å². The normalized spacial score (nSPS) is 19.0. The van der Waals surface area contributed by atoms with Crippen molar-refractivity contribution in [3.8, 4) is 5.75 Å². The molecule has 0 spiro atoms. The van der Waals surface area contributed by atoms with Gasteiger partial charge < -0.3 is 14.1 Å². The average Bonchev–Trinajstić information content (AvgIpc) is 3.59. The number of furan rings is 1. The summed E-state index contributed by atoms with van der Waals surface area (Å²) in [5, 5.41) is 4.73. The van der Waals surface area contributed by atoms with Crippen molar-refractivity contribution in [3.05, 3.63) is 149 Å². The fourth-order valence-electron chi connectivity index (χ4n) is 7.20. The summed E-state index contributed by atoms with van der Waals surface area (Å²) >= 11 is 0. The molecule has 9 rings (SSSR count). The Morgan fingerprint density at radius 2 is 1.60 bits per heavy atom. The zero-order chi connectivity index (χ0) is 27.8. The van der Waals surface area contributed by atoms with Crippen LogP contribution >= 0.6 is 0 Å². The molecule has 0 saturated carbocycles. The van der Waals surface area contributed by atoms with Crippen LogP contribution in [0.3, 0.4) is 0 Å². The molecule has 3 heteroatoms. The van der Waals surface area contributed by atoms with Crippen molar-refractivity contribution in [2.75, 3.05) is 4.90 Å². The minimum absolute atomic E-state index is 0.0199. The molecule has 0 N–H and O–H groups in total. The highest BCUT2D eigenvalue weighted by Crippen LogP contribution is 2.52. The highest BCUT2D eigenvalue weighted by Gasteiger charge is 2.42. The molecule has 1 aromatic heterocycles. The molecule has 0 amide bonds. The van der Waals surface area contributed by atoms with Crippen LogP contribution in [0.2, 0.25) is 0 Å². The maximum atomic E-state index is 6.77. The van der Waals surface area contributed by atoms with E-state index in [9.17, 15) is 0 Å². The van der Waals surface area contributed by atoms with Crippen molar-refractivity contribution in [1.29, 1.82) is 0 Å². The number of rotatable bonds is 3. The maximum Gasteiger partial charge on any atom is 0.159 e. The highest BCUT2D eigenvalue weighted by atomic mass is 16.5. The van der Waals surface area contributed by atoms with Crippen LogP contribution in [0.5, 0.6) is 5.75 Å². The summed E-state index contributed by atoms with van der Waals surface area (Å²) in [6, 6.07) is 36.8. The van der Waals surface area contributed by atoms with Crippen molar-refractivity contribution >= 4 is 44.1 Å². The zero-order valence-electron chi connectivity index (χ0n) is 23.4. The largest absolute Gasteiger partial charge is 0.484 e. The Morgan fingerprint density at radius 3 is 2.50 bits per heavy atom. The molecule has 5 aromatic carbocycles. The Kier molecular flexibility index (Phi) is 5.06. The quantitative estimate of drug-likeness (QED) is 0.222. The lowest BCUT2D eigenvalue weighted by molar-refractivity contribution is 0.256. The number of fused-ring (bicyclic) bond motifs is 8. The lowest BCUT2D eigenvalue weighted by atomic mass is 9.78. The van der Waals surface area contributed by atoms with Crippen LogP contribution in [0, 0.1) is 6.92 Å². The number of hydrogen-bond acceptors (Lipinski definition) is 3. The van der Waals surface area contributed by atoms with Gasteiger partial charge in [-0.1, -0.05) is 78.9 Å². The molecule has 42 heavy (non-hydrogen) atoms. The summed E-state index contributed by atoms with van der Waals surface area (Å²) in [5.41, 5.74) is 10.3. The lowest BCUT2D eigenvalue weighted by Crippen LogP contribution is -2.31. The Morgan fingerprint density at radius 1 is 0.786 bits per heavy atom. The summed E-state index contributed by atoms with van der Waals surface area (Å²) in [5.74, 6) is 1.11. The number of aryl methyl sites for hydroxylation is 1. The first-order chi connectivity index (χ1) is 20.7. The van der Waals surface area contributed by atoms with E-state index < -0.39 is 0 Å². The monoisotopic (exact) mass is 543 g/mol. The molecule has 0 radical (unpaired) electrons. The molecule has 3 nitrogen and oxygen atoms in total.